The van der Waals surface area contributed by atoms with Gasteiger partial charge in [-0.3, -0.25) is 4.79 Å². The van der Waals surface area contributed by atoms with Gasteiger partial charge in [0, 0.05) is 0 Å². The predicted octanol–water partition coefficient (Wildman–Crippen LogP) is 3.23. The SMILES string of the molecule is CCOC(=O)C(CC)C(O)c1cc(C)c(C)cc1C. The van der Waals surface area contributed by atoms with Crippen LogP contribution in [0.4, 0.5) is 0 Å². The quantitative estimate of drug-likeness (QED) is 0.830. The molecule has 0 fully saturated rings. The molecular weight excluding hydrogens is 240 g/mol. The molecule has 0 aliphatic heterocycles. The highest BCUT2D eigenvalue weighted by molar-refractivity contribution is 5.73. The van der Waals surface area contributed by atoms with Gasteiger partial charge in [0.1, 0.15) is 0 Å². The molecule has 2 unspecified atom stereocenters. The summed E-state index contributed by atoms with van der Waals surface area (Å²) in [5.74, 6) is -0.823. The second-order valence-corrected chi connectivity index (χ2v) is 5.00. The van der Waals surface area contributed by atoms with Crippen LogP contribution >= 0.6 is 0 Å². The average molecular weight is 264 g/mol. The van der Waals surface area contributed by atoms with Crippen LogP contribution in [0.25, 0.3) is 0 Å². The molecule has 3 heteroatoms. The minimum atomic E-state index is -0.802. The fraction of sp³-hybridized carbons (Fsp3) is 0.562. The highest BCUT2D eigenvalue weighted by Crippen LogP contribution is 2.29. The third-order valence-electron chi connectivity index (χ3n) is 3.61. The molecule has 0 aliphatic carbocycles. The van der Waals surface area contributed by atoms with E-state index < -0.39 is 12.0 Å². The summed E-state index contributed by atoms with van der Waals surface area (Å²) >= 11 is 0. The summed E-state index contributed by atoms with van der Waals surface area (Å²) in [5, 5.41) is 10.5. The Hall–Kier alpha value is -1.35. The lowest BCUT2D eigenvalue weighted by molar-refractivity contribution is -0.152. The number of aliphatic hydroxyl groups is 1. The Labute approximate surface area is 115 Å². The van der Waals surface area contributed by atoms with Gasteiger partial charge in [-0.1, -0.05) is 19.1 Å². The van der Waals surface area contributed by atoms with Crippen molar-refractivity contribution in [3.8, 4) is 0 Å². The van der Waals surface area contributed by atoms with Gasteiger partial charge in [-0.2, -0.15) is 0 Å². The summed E-state index contributed by atoms with van der Waals surface area (Å²) in [7, 11) is 0. The molecule has 1 rings (SSSR count). The van der Waals surface area contributed by atoms with E-state index in [0.717, 1.165) is 16.7 Å². The number of aliphatic hydroxyl groups excluding tert-OH is 1. The van der Waals surface area contributed by atoms with E-state index in [9.17, 15) is 9.90 Å². The summed E-state index contributed by atoms with van der Waals surface area (Å²) < 4.78 is 5.03. The van der Waals surface area contributed by atoms with Crippen LogP contribution in [0, 0.1) is 26.7 Å². The number of hydrogen-bond acceptors (Lipinski definition) is 3. The topological polar surface area (TPSA) is 46.5 Å². The number of carbonyl (C=O) groups is 1. The Kier molecular flexibility index (Phi) is 5.55. The van der Waals surface area contributed by atoms with Gasteiger partial charge < -0.3 is 9.84 Å². The summed E-state index contributed by atoms with van der Waals surface area (Å²) in [6.45, 7) is 10.0. The maximum absolute atomic E-state index is 11.9. The van der Waals surface area contributed by atoms with Crippen molar-refractivity contribution < 1.29 is 14.6 Å². The zero-order chi connectivity index (χ0) is 14.6. The van der Waals surface area contributed by atoms with Gasteiger partial charge >= 0.3 is 5.97 Å². The van der Waals surface area contributed by atoms with Gasteiger partial charge in [0.15, 0.2) is 0 Å². The third kappa shape index (κ3) is 3.57. The van der Waals surface area contributed by atoms with Crippen molar-refractivity contribution in [3.63, 3.8) is 0 Å². The first-order valence-electron chi connectivity index (χ1n) is 6.84. The highest BCUT2D eigenvalue weighted by Gasteiger charge is 2.28. The number of esters is 1. The molecule has 2 atom stereocenters. The summed E-state index contributed by atoms with van der Waals surface area (Å²) in [5.41, 5.74) is 4.15. The Balaban J connectivity index is 3.07. The van der Waals surface area contributed by atoms with Gasteiger partial charge in [0.25, 0.3) is 0 Å². The molecule has 1 aromatic rings. The van der Waals surface area contributed by atoms with Crippen molar-refractivity contribution in [3.05, 3.63) is 34.4 Å². The van der Waals surface area contributed by atoms with E-state index in [1.807, 2.05) is 39.8 Å². The van der Waals surface area contributed by atoms with E-state index in [1.54, 1.807) is 6.92 Å². The number of ether oxygens (including phenoxy) is 1. The van der Waals surface area contributed by atoms with Crippen LogP contribution in [0.5, 0.6) is 0 Å². The normalized spacial score (nSPS) is 14.0. The Morgan fingerprint density at radius 3 is 2.26 bits per heavy atom. The monoisotopic (exact) mass is 264 g/mol. The van der Waals surface area contributed by atoms with Gasteiger partial charge in [0.05, 0.1) is 18.6 Å². The molecule has 1 aromatic carbocycles. The van der Waals surface area contributed by atoms with Crippen LogP contribution in [-0.4, -0.2) is 17.7 Å². The zero-order valence-electron chi connectivity index (χ0n) is 12.5. The lowest BCUT2D eigenvalue weighted by Gasteiger charge is -2.22. The van der Waals surface area contributed by atoms with Gasteiger partial charge in [0.2, 0.25) is 0 Å². The average Bonchev–Trinajstić information content (AvgIpc) is 2.34. The molecule has 19 heavy (non-hydrogen) atoms. The van der Waals surface area contributed by atoms with Gasteiger partial charge in [-0.25, -0.2) is 0 Å². The minimum absolute atomic E-state index is 0.324. The number of aryl methyl sites for hydroxylation is 3. The molecule has 1 N–H and O–H groups in total. The predicted molar refractivity (Wildman–Crippen MR) is 76.0 cm³/mol. The molecular formula is C16H24O3. The Bertz CT molecular complexity index is 452. The first-order chi connectivity index (χ1) is 8.92. The zero-order valence-corrected chi connectivity index (χ0v) is 12.5. The molecule has 0 aromatic heterocycles. The van der Waals surface area contributed by atoms with E-state index in [-0.39, 0.29) is 5.97 Å². The maximum Gasteiger partial charge on any atom is 0.311 e. The van der Waals surface area contributed by atoms with Crippen molar-refractivity contribution in [2.45, 2.75) is 47.1 Å². The molecule has 0 radical (unpaired) electrons. The van der Waals surface area contributed by atoms with Crippen LogP contribution in [0.3, 0.4) is 0 Å². The number of rotatable bonds is 5. The van der Waals surface area contributed by atoms with Crippen LogP contribution < -0.4 is 0 Å². The van der Waals surface area contributed by atoms with Crippen LogP contribution in [-0.2, 0) is 9.53 Å². The molecule has 3 nitrogen and oxygen atoms in total. The molecule has 0 amide bonds. The fourth-order valence-electron chi connectivity index (χ4n) is 2.29. The summed E-state index contributed by atoms with van der Waals surface area (Å²) in [6, 6.07) is 4.02. The first-order valence-corrected chi connectivity index (χ1v) is 6.84. The van der Waals surface area contributed by atoms with Crippen molar-refractivity contribution in [1.82, 2.24) is 0 Å². The maximum atomic E-state index is 11.9. The molecule has 0 spiro atoms. The molecule has 106 valence electrons. The fourth-order valence-corrected chi connectivity index (χ4v) is 2.29. The Morgan fingerprint density at radius 2 is 1.74 bits per heavy atom. The second-order valence-electron chi connectivity index (χ2n) is 5.00. The van der Waals surface area contributed by atoms with E-state index in [2.05, 4.69) is 0 Å². The van der Waals surface area contributed by atoms with Crippen molar-refractivity contribution in [2.75, 3.05) is 6.61 Å². The summed E-state index contributed by atoms with van der Waals surface area (Å²) in [6.07, 6.45) is -0.241. The van der Waals surface area contributed by atoms with Gasteiger partial charge in [-0.15, -0.1) is 0 Å². The minimum Gasteiger partial charge on any atom is -0.466 e. The Morgan fingerprint density at radius 1 is 1.16 bits per heavy atom. The lowest BCUT2D eigenvalue weighted by Crippen LogP contribution is -2.24. The highest BCUT2D eigenvalue weighted by atomic mass is 16.5. The first kappa shape index (κ1) is 15.7. The van der Waals surface area contributed by atoms with Crippen molar-refractivity contribution >= 4 is 5.97 Å². The standard InChI is InChI=1S/C16H24O3/c1-6-13(16(18)19-7-2)15(17)14-9-11(4)10(3)8-12(14)5/h8-9,13,15,17H,6-7H2,1-5H3. The summed E-state index contributed by atoms with van der Waals surface area (Å²) in [4.78, 5) is 11.9. The van der Waals surface area contributed by atoms with E-state index in [0.29, 0.717) is 13.0 Å². The van der Waals surface area contributed by atoms with Crippen molar-refractivity contribution in [2.24, 2.45) is 5.92 Å². The third-order valence-corrected chi connectivity index (χ3v) is 3.61. The molecule has 0 heterocycles. The van der Waals surface area contributed by atoms with Crippen LogP contribution in [0.15, 0.2) is 12.1 Å². The largest absolute Gasteiger partial charge is 0.466 e. The van der Waals surface area contributed by atoms with Crippen LogP contribution in [0.1, 0.15) is 48.6 Å². The second kappa shape index (κ2) is 6.71. The number of carbonyl (C=O) groups excluding carboxylic acids is 1. The van der Waals surface area contributed by atoms with E-state index >= 15 is 0 Å². The molecule has 0 saturated carbocycles. The van der Waals surface area contributed by atoms with E-state index in [4.69, 9.17) is 4.74 Å². The lowest BCUT2D eigenvalue weighted by atomic mass is 9.89. The van der Waals surface area contributed by atoms with Crippen LogP contribution in [0.2, 0.25) is 0 Å². The number of hydrogen-bond donors (Lipinski definition) is 1. The van der Waals surface area contributed by atoms with Gasteiger partial charge in [-0.05, 0) is 56.4 Å². The van der Waals surface area contributed by atoms with E-state index in [1.165, 1.54) is 5.56 Å². The molecule has 0 saturated heterocycles. The molecule has 0 aliphatic rings. The van der Waals surface area contributed by atoms with Crippen molar-refractivity contribution in [1.29, 1.82) is 0 Å². The molecule has 0 bridgehead atoms. The smallest absolute Gasteiger partial charge is 0.311 e. The number of benzene rings is 1.